The second-order valence-corrected chi connectivity index (χ2v) is 2.75. The fourth-order valence-electron chi connectivity index (χ4n) is 0.836. The first-order valence-electron chi connectivity index (χ1n) is 3.97. The Morgan fingerprint density at radius 3 is 2.47 bits per heavy atom. The first-order chi connectivity index (χ1) is 7.73. The largest absolute Gasteiger partial charge is 0.491 e. The van der Waals surface area contributed by atoms with E-state index < -0.39 is 29.2 Å². The fraction of sp³-hybridized carbons (Fsp3) is 0.125. The molecule has 0 aromatic carbocycles. The maximum atomic E-state index is 11.7. The van der Waals surface area contributed by atoms with Crippen LogP contribution in [0.2, 0.25) is 0 Å². The predicted molar refractivity (Wildman–Crippen MR) is 44.4 cm³/mol. The lowest BCUT2D eigenvalue weighted by Crippen LogP contribution is -2.31. The number of carbonyl (C=O) groups is 2. The lowest BCUT2D eigenvalue weighted by molar-refractivity contribution is -0.193. The monoisotopic (exact) mass is 251 g/mol. The summed E-state index contributed by atoms with van der Waals surface area (Å²) in [7, 11) is 0. The zero-order chi connectivity index (χ0) is 13.2. The molecule has 1 aromatic heterocycles. The van der Waals surface area contributed by atoms with Crippen LogP contribution in [0.15, 0.2) is 23.1 Å². The van der Waals surface area contributed by atoms with E-state index >= 15 is 0 Å². The van der Waals surface area contributed by atoms with Crippen LogP contribution >= 0.6 is 0 Å². The van der Waals surface area contributed by atoms with Crippen molar-refractivity contribution in [2.45, 2.75) is 6.18 Å². The summed E-state index contributed by atoms with van der Waals surface area (Å²) >= 11 is 0. The van der Waals surface area contributed by atoms with Crippen LogP contribution in [0.1, 0.15) is 10.4 Å². The van der Waals surface area contributed by atoms with Gasteiger partial charge in [-0.15, -0.1) is 0 Å². The third-order valence-corrected chi connectivity index (χ3v) is 1.57. The second kappa shape index (κ2) is 4.28. The van der Waals surface area contributed by atoms with E-state index in [2.05, 4.69) is 4.74 Å². The van der Waals surface area contributed by atoms with Crippen molar-refractivity contribution in [3.05, 3.63) is 34.2 Å². The Balaban J connectivity index is 2.96. The number of esters is 2. The molecule has 1 aromatic rings. The maximum Gasteiger partial charge on any atom is 0.491 e. The third-order valence-electron chi connectivity index (χ3n) is 1.57. The molecule has 92 valence electrons. The summed E-state index contributed by atoms with van der Waals surface area (Å²) in [5.74, 6) is -4.53. The van der Waals surface area contributed by atoms with Gasteiger partial charge in [0.2, 0.25) is 0 Å². The number of hydrogen-bond donors (Lipinski definition) is 1. The normalized spacial score (nSPS) is 11.0. The molecule has 0 unspecified atom stereocenters. The van der Waals surface area contributed by atoms with Crippen molar-refractivity contribution in [3.63, 3.8) is 0 Å². The predicted octanol–water partition coefficient (Wildman–Crippen LogP) is 0.331. The topological polar surface area (TPSA) is 85.6 Å². The maximum absolute atomic E-state index is 11.7. The quantitative estimate of drug-likeness (QED) is 0.441. The number of ether oxygens (including phenoxy) is 1. The third kappa shape index (κ3) is 2.83. The molecule has 6 nitrogen and oxygen atoms in total. The minimum Gasteiger partial charge on any atom is -0.425 e. The van der Waals surface area contributed by atoms with Crippen LogP contribution in [-0.4, -0.2) is 28.1 Å². The average molecular weight is 251 g/mol. The molecule has 9 heteroatoms. The van der Waals surface area contributed by atoms with Gasteiger partial charge in [0.15, 0.2) is 0 Å². The highest BCUT2D eigenvalue weighted by Gasteiger charge is 2.42. The zero-order valence-electron chi connectivity index (χ0n) is 7.89. The molecule has 0 spiro atoms. The standard InChI is InChI=1S/C8H4F3NO5/c9-8(10,11)7(15)17-6(14)4-2-1-3-12(16)5(4)13/h1-3,16H. The molecule has 1 N–H and O–H groups in total. The average Bonchev–Trinajstić information content (AvgIpc) is 2.20. The van der Waals surface area contributed by atoms with E-state index in [9.17, 15) is 27.6 Å². The van der Waals surface area contributed by atoms with Crippen molar-refractivity contribution >= 4 is 11.9 Å². The van der Waals surface area contributed by atoms with Gasteiger partial charge in [0, 0.05) is 6.20 Å². The summed E-state index contributed by atoms with van der Waals surface area (Å²) in [6, 6.07) is 1.82. The van der Waals surface area contributed by atoms with Crippen molar-refractivity contribution in [3.8, 4) is 0 Å². The highest BCUT2D eigenvalue weighted by Crippen LogP contribution is 2.17. The number of halogens is 3. The van der Waals surface area contributed by atoms with E-state index in [0.29, 0.717) is 0 Å². The Kier molecular flexibility index (Phi) is 3.21. The van der Waals surface area contributed by atoms with Gasteiger partial charge in [0.05, 0.1) is 0 Å². The minimum atomic E-state index is -5.34. The van der Waals surface area contributed by atoms with Gasteiger partial charge >= 0.3 is 18.1 Å². The highest BCUT2D eigenvalue weighted by atomic mass is 19.4. The van der Waals surface area contributed by atoms with Gasteiger partial charge in [-0.3, -0.25) is 4.79 Å². The van der Waals surface area contributed by atoms with Gasteiger partial charge in [0.1, 0.15) is 5.56 Å². The number of aromatic nitrogens is 1. The summed E-state index contributed by atoms with van der Waals surface area (Å²) < 4.78 is 38.6. The molecule has 0 amide bonds. The van der Waals surface area contributed by atoms with Crippen molar-refractivity contribution < 1.29 is 32.7 Å². The van der Waals surface area contributed by atoms with Crippen LogP contribution in [0, 0.1) is 0 Å². The van der Waals surface area contributed by atoms with Gasteiger partial charge < -0.3 is 9.94 Å². The highest BCUT2D eigenvalue weighted by molar-refractivity contribution is 5.97. The lowest BCUT2D eigenvalue weighted by Gasteiger charge is -2.05. The van der Waals surface area contributed by atoms with Crippen LogP contribution in [-0.2, 0) is 9.53 Å². The molecule has 0 atom stereocenters. The number of carbonyl (C=O) groups excluding carboxylic acids is 2. The molecule has 0 saturated carbocycles. The number of pyridine rings is 1. The molecular weight excluding hydrogens is 247 g/mol. The Morgan fingerprint density at radius 1 is 1.35 bits per heavy atom. The Labute approximate surface area is 90.8 Å². The van der Waals surface area contributed by atoms with Gasteiger partial charge in [-0.1, -0.05) is 0 Å². The van der Waals surface area contributed by atoms with Crippen LogP contribution < -0.4 is 5.56 Å². The molecule has 17 heavy (non-hydrogen) atoms. The number of alkyl halides is 3. The first-order valence-corrected chi connectivity index (χ1v) is 3.97. The number of hydrogen-bond acceptors (Lipinski definition) is 5. The SMILES string of the molecule is O=C(OC(=O)C(F)(F)F)c1cccn(O)c1=O. The second-order valence-electron chi connectivity index (χ2n) is 2.75. The van der Waals surface area contributed by atoms with Gasteiger partial charge in [-0.05, 0) is 12.1 Å². The summed E-state index contributed by atoms with van der Waals surface area (Å²) in [5.41, 5.74) is -2.19. The Morgan fingerprint density at radius 2 is 1.94 bits per heavy atom. The molecule has 0 saturated heterocycles. The number of nitrogens with zero attached hydrogens (tertiary/aromatic N) is 1. The van der Waals surface area contributed by atoms with Gasteiger partial charge in [-0.2, -0.15) is 17.9 Å². The molecule has 1 rings (SSSR count). The van der Waals surface area contributed by atoms with E-state index in [4.69, 9.17) is 5.21 Å². The van der Waals surface area contributed by atoms with E-state index in [1.54, 1.807) is 0 Å². The van der Waals surface area contributed by atoms with Crippen molar-refractivity contribution in [2.75, 3.05) is 0 Å². The molecule has 1 heterocycles. The summed E-state index contributed by atoms with van der Waals surface area (Å²) in [6.45, 7) is 0. The Hall–Kier alpha value is -2.32. The summed E-state index contributed by atoms with van der Waals surface area (Å²) in [4.78, 5) is 32.4. The molecule has 0 bridgehead atoms. The minimum absolute atomic E-state index is 0.0331. The summed E-state index contributed by atoms with van der Waals surface area (Å²) in [5, 5.41) is 8.83. The van der Waals surface area contributed by atoms with E-state index in [1.807, 2.05) is 0 Å². The first kappa shape index (κ1) is 12.7. The van der Waals surface area contributed by atoms with Gasteiger partial charge in [0.25, 0.3) is 5.56 Å². The van der Waals surface area contributed by atoms with Crippen molar-refractivity contribution in [1.29, 1.82) is 0 Å². The van der Waals surface area contributed by atoms with E-state index in [1.165, 1.54) is 0 Å². The summed E-state index contributed by atoms with van der Waals surface area (Å²) in [6.07, 6.45) is -4.49. The molecule has 0 fully saturated rings. The Bertz CT molecular complexity index is 519. The van der Waals surface area contributed by atoms with E-state index in [-0.39, 0.29) is 4.73 Å². The van der Waals surface area contributed by atoms with Crippen LogP contribution in [0.25, 0.3) is 0 Å². The van der Waals surface area contributed by atoms with Crippen LogP contribution in [0.4, 0.5) is 13.2 Å². The molecule has 0 aliphatic heterocycles. The van der Waals surface area contributed by atoms with Crippen LogP contribution in [0.3, 0.4) is 0 Å². The van der Waals surface area contributed by atoms with Gasteiger partial charge in [-0.25, -0.2) is 9.59 Å². The molecule has 0 aliphatic carbocycles. The van der Waals surface area contributed by atoms with Crippen molar-refractivity contribution in [1.82, 2.24) is 4.73 Å². The molecular formula is C8H4F3NO5. The number of rotatable bonds is 1. The van der Waals surface area contributed by atoms with E-state index in [0.717, 1.165) is 18.3 Å². The molecule has 0 aliphatic rings. The smallest absolute Gasteiger partial charge is 0.425 e. The van der Waals surface area contributed by atoms with Crippen molar-refractivity contribution in [2.24, 2.45) is 0 Å². The zero-order valence-corrected chi connectivity index (χ0v) is 7.89. The molecule has 0 radical (unpaired) electrons. The lowest BCUT2D eigenvalue weighted by atomic mass is 10.3. The van der Waals surface area contributed by atoms with Crippen LogP contribution in [0.5, 0.6) is 0 Å². The fourth-order valence-corrected chi connectivity index (χ4v) is 0.836.